The van der Waals surface area contributed by atoms with Crippen LogP contribution in [0.4, 0.5) is 4.39 Å². The monoisotopic (exact) mass is 271 g/mol. The summed E-state index contributed by atoms with van der Waals surface area (Å²) in [4.78, 5) is 0. The maximum Gasteiger partial charge on any atom is 0.123 e. The summed E-state index contributed by atoms with van der Waals surface area (Å²) in [6, 6.07) is 5.04. The van der Waals surface area contributed by atoms with Gasteiger partial charge in [0.05, 0.1) is 0 Å². The van der Waals surface area contributed by atoms with Crippen LogP contribution < -0.4 is 5.32 Å². The van der Waals surface area contributed by atoms with Gasteiger partial charge in [0.15, 0.2) is 0 Å². The van der Waals surface area contributed by atoms with Gasteiger partial charge in [-0.25, -0.2) is 4.39 Å². The lowest BCUT2D eigenvalue weighted by molar-refractivity contribution is 0.378. The summed E-state index contributed by atoms with van der Waals surface area (Å²) in [5.41, 5.74) is 0.903. The topological polar surface area (TPSA) is 12.0 Å². The summed E-state index contributed by atoms with van der Waals surface area (Å²) in [5, 5.41) is 4.20. The van der Waals surface area contributed by atoms with Gasteiger partial charge in [0.1, 0.15) is 5.82 Å². The van der Waals surface area contributed by atoms with Gasteiger partial charge in [-0.05, 0) is 55.5 Å². The molecule has 0 fully saturated rings. The number of aryl methyl sites for hydroxylation is 1. The molecule has 0 amide bonds. The van der Waals surface area contributed by atoms with Gasteiger partial charge in [-0.3, -0.25) is 0 Å². The Morgan fingerprint density at radius 3 is 2.67 bits per heavy atom. The Bertz CT molecular complexity index is 366. The molecule has 0 saturated heterocycles. The van der Waals surface area contributed by atoms with E-state index in [4.69, 9.17) is 11.6 Å². The average Bonchev–Trinajstić information content (AvgIpc) is 2.33. The summed E-state index contributed by atoms with van der Waals surface area (Å²) >= 11 is 6.08. The molecular formula is C15H23ClFN. The number of halogens is 2. The maximum absolute atomic E-state index is 13.2. The van der Waals surface area contributed by atoms with Crippen LogP contribution in [-0.2, 0) is 6.42 Å². The molecule has 0 aromatic heterocycles. The van der Waals surface area contributed by atoms with E-state index in [-0.39, 0.29) is 5.82 Å². The van der Waals surface area contributed by atoms with Gasteiger partial charge in [-0.15, -0.1) is 0 Å². The first-order valence-corrected chi connectivity index (χ1v) is 7.09. The molecule has 0 spiro atoms. The SMILES string of the molecule is CCCNC(CCc1cc(F)ccc1Cl)C(C)C. The molecule has 1 unspecified atom stereocenters. The predicted octanol–water partition coefficient (Wildman–Crippen LogP) is 4.44. The van der Waals surface area contributed by atoms with Crippen LogP contribution in [0.2, 0.25) is 5.02 Å². The summed E-state index contributed by atoms with van der Waals surface area (Å²) < 4.78 is 13.2. The third-order valence-electron chi connectivity index (χ3n) is 3.19. The quantitative estimate of drug-likeness (QED) is 0.773. The molecule has 1 aromatic rings. The third-order valence-corrected chi connectivity index (χ3v) is 3.56. The molecule has 0 saturated carbocycles. The smallest absolute Gasteiger partial charge is 0.123 e. The minimum Gasteiger partial charge on any atom is -0.314 e. The largest absolute Gasteiger partial charge is 0.314 e. The minimum atomic E-state index is -0.211. The molecule has 1 aromatic carbocycles. The fourth-order valence-electron chi connectivity index (χ4n) is 2.05. The van der Waals surface area contributed by atoms with Crippen molar-refractivity contribution in [2.75, 3.05) is 6.54 Å². The van der Waals surface area contributed by atoms with Gasteiger partial charge >= 0.3 is 0 Å². The van der Waals surface area contributed by atoms with Crippen molar-refractivity contribution in [1.82, 2.24) is 5.32 Å². The van der Waals surface area contributed by atoms with Gasteiger partial charge in [-0.1, -0.05) is 32.4 Å². The molecule has 18 heavy (non-hydrogen) atoms. The highest BCUT2D eigenvalue weighted by atomic mass is 35.5. The molecule has 0 radical (unpaired) electrons. The summed E-state index contributed by atoms with van der Waals surface area (Å²) in [6.45, 7) is 7.61. The van der Waals surface area contributed by atoms with Crippen LogP contribution in [0.1, 0.15) is 39.2 Å². The molecule has 0 aliphatic rings. The summed E-state index contributed by atoms with van der Waals surface area (Å²) in [6.07, 6.45) is 2.93. The predicted molar refractivity (Wildman–Crippen MR) is 76.7 cm³/mol. The second-order valence-electron chi connectivity index (χ2n) is 5.08. The Kier molecular flexibility index (Phi) is 6.66. The molecule has 0 heterocycles. The number of nitrogens with one attached hydrogen (secondary N) is 1. The number of hydrogen-bond donors (Lipinski definition) is 1. The van der Waals surface area contributed by atoms with E-state index >= 15 is 0 Å². The van der Waals surface area contributed by atoms with Crippen molar-refractivity contribution in [1.29, 1.82) is 0 Å². The van der Waals surface area contributed by atoms with E-state index in [2.05, 4.69) is 26.1 Å². The van der Waals surface area contributed by atoms with Crippen LogP contribution in [-0.4, -0.2) is 12.6 Å². The molecule has 1 atom stereocenters. The maximum atomic E-state index is 13.2. The van der Waals surface area contributed by atoms with Crippen molar-refractivity contribution in [3.05, 3.63) is 34.6 Å². The zero-order valence-corrected chi connectivity index (χ0v) is 12.2. The van der Waals surface area contributed by atoms with E-state index in [9.17, 15) is 4.39 Å². The van der Waals surface area contributed by atoms with Crippen LogP contribution in [0.15, 0.2) is 18.2 Å². The van der Waals surface area contributed by atoms with Crippen LogP contribution >= 0.6 is 11.6 Å². The minimum absolute atomic E-state index is 0.211. The first-order valence-electron chi connectivity index (χ1n) is 6.72. The second-order valence-corrected chi connectivity index (χ2v) is 5.49. The standard InChI is InChI=1S/C15H23ClFN/c1-4-9-18-15(11(2)3)8-5-12-10-13(17)6-7-14(12)16/h6-7,10-11,15,18H,4-5,8-9H2,1-3H3. The molecule has 1 nitrogen and oxygen atoms in total. The van der Waals surface area contributed by atoms with Crippen molar-refractivity contribution >= 4 is 11.6 Å². The molecule has 1 N–H and O–H groups in total. The van der Waals surface area contributed by atoms with Gasteiger partial charge < -0.3 is 5.32 Å². The molecule has 0 aliphatic carbocycles. The Morgan fingerprint density at radius 2 is 2.06 bits per heavy atom. The van der Waals surface area contributed by atoms with E-state index < -0.39 is 0 Å². The van der Waals surface area contributed by atoms with Crippen molar-refractivity contribution in [3.63, 3.8) is 0 Å². The fourth-order valence-corrected chi connectivity index (χ4v) is 2.26. The van der Waals surface area contributed by atoms with E-state index in [0.717, 1.165) is 31.4 Å². The summed E-state index contributed by atoms with van der Waals surface area (Å²) in [5.74, 6) is 0.362. The number of benzene rings is 1. The van der Waals surface area contributed by atoms with E-state index in [1.54, 1.807) is 12.1 Å². The van der Waals surface area contributed by atoms with Crippen molar-refractivity contribution in [3.8, 4) is 0 Å². The highest BCUT2D eigenvalue weighted by Crippen LogP contribution is 2.20. The van der Waals surface area contributed by atoms with Crippen molar-refractivity contribution < 1.29 is 4.39 Å². The highest BCUT2D eigenvalue weighted by Gasteiger charge is 2.13. The Hall–Kier alpha value is -0.600. The zero-order chi connectivity index (χ0) is 13.5. The Balaban J connectivity index is 2.58. The van der Waals surface area contributed by atoms with E-state index in [1.807, 2.05) is 0 Å². The molecule has 0 aliphatic heterocycles. The Morgan fingerprint density at radius 1 is 1.33 bits per heavy atom. The third kappa shape index (κ3) is 4.95. The van der Waals surface area contributed by atoms with Gasteiger partial charge in [0.2, 0.25) is 0 Å². The second kappa shape index (κ2) is 7.75. The number of rotatable bonds is 7. The number of hydrogen-bond acceptors (Lipinski definition) is 1. The normalized spacial score (nSPS) is 13.0. The van der Waals surface area contributed by atoms with Gasteiger partial charge in [0, 0.05) is 11.1 Å². The van der Waals surface area contributed by atoms with Gasteiger partial charge in [0.25, 0.3) is 0 Å². The Labute approximate surface area is 115 Å². The van der Waals surface area contributed by atoms with E-state index in [1.165, 1.54) is 6.07 Å². The first kappa shape index (κ1) is 15.5. The first-order chi connectivity index (χ1) is 8.54. The molecule has 3 heteroatoms. The lowest BCUT2D eigenvalue weighted by Crippen LogP contribution is -2.34. The van der Waals surface area contributed by atoms with E-state index in [0.29, 0.717) is 17.0 Å². The molecule has 1 rings (SSSR count). The summed E-state index contributed by atoms with van der Waals surface area (Å²) in [7, 11) is 0. The van der Waals surface area contributed by atoms with Crippen LogP contribution in [0.5, 0.6) is 0 Å². The highest BCUT2D eigenvalue weighted by molar-refractivity contribution is 6.31. The van der Waals surface area contributed by atoms with Crippen LogP contribution in [0.25, 0.3) is 0 Å². The lowest BCUT2D eigenvalue weighted by atomic mass is 9.96. The average molecular weight is 272 g/mol. The van der Waals surface area contributed by atoms with Crippen molar-refractivity contribution in [2.24, 2.45) is 5.92 Å². The fraction of sp³-hybridized carbons (Fsp3) is 0.600. The van der Waals surface area contributed by atoms with Gasteiger partial charge in [-0.2, -0.15) is 0 Å². The van der Waals surface area contributed by atoms with Crippen molar-refractivity contribution in [2.45, 2.75) is 46.1 Å². The van der Waals surface area contributed by atoms with Crippen LogP contribution in [0.3, 0.4) is 0 Å². The van der Waals surface area contributed by atoms with Crippen LogP contribution in [0, 0.1) is 11.7 Å². The molecule has 102 valence electrons. The molecule has 0 bridgehead atoms. The lowest BCUT2D eigenvalue weighted by Gasteiger charge is -2.22. The zero-order valence-electron chi connectivity index (χ0n) is 11.5. The molecular weight excluding hydrogens is 249 g/mol.